The molecule has 0 aliphatic heterocycles. The van der Waals surface area contributed by atoms with E-state index in [1.807, 2.05) is 11.5 Å². The Balaban J connectivity index is 1.55. The lowest BCUT2D eigenvalue weighted by Crippen LogP contribution is -2.15. The molecule has 0 radical (unpaired) electrons. The van der Waals surface area contributed by atoms with Crippen LogP contribution in [0.3, 0.4) is 0 Å². The second-order valence-corrected chi connectivity index (χ2v) is 9.52. The van der Waals surface area contributed by atoms with E-state index in [-0.39, 0.29) is 27.5 Å². The number of thioether (sulfide) groups is 2. The third kappa shape index (κ3) is 6.76. The van der Waals surface area contributed by atoms with Crippen LogP contribution in [0.25, 0.3) is 0 Å². The number of anilines is 1. The summed E-state index contributed by atoms with van der Waals surface area (Å²) in [5, 5.41) is 12.8. The molecule has 0 aliphatic carbocycles. The fourth-order valence-electron chi connectivity index (χ4n) is 2.66. The fourth-order valence-corrected chi connectivity index (χ4v) is 5.32. The fraction of sp³-hybridized carbons (Fsp3) is 0.250. The van der Waals surface area contributed by atoms with E-state index in [0.717, 1.165) is 17.1 Å². The Morgan fingerprint density at radius 1 is 1.10 bits per heavy atom. The summed E-state index contributed by atoms with van der Waals surface area (Å²) >= 11 is 21.1. The summed E-state index contributed by atoms with van der Waals surface area (Å²) in [7, 11) is 0. The Hall–Kier alpha value is -1.45. The van der Waals surface area contributed by atoms with Crippen LogP contribution in [0.15, 0.2) is 41.6 Å². The van der Waals surface area contributed by atoms with Crippen LogP contribution in [0.4, 0.5) is 10.1 Å². The largest absolute Gasteiger partial charge is 0.323 e. The van der Waals surface area contributed by atoms with E-state index in [9.17, 15) is 9.18 Å². The number of aromatic nitrogens is 3. The third-order valence-electron chi connectivity index (χ3n) is 4.13. The number of halogens is 4. The van der Waals surface area contributed by atoms with Crippen LogP contribution in [0.5, 0.6) is 0 Å². The van der Waals surface area contributed by atoms with Crippen molar-refractivity contribution in [1.29, 1.82) is 0 Å². The first-order chi connectivity index (χ1) is 14.9. The van der Waals surface area contributed by atoms with Crippen molar-refractivity contribution in [3.8, 4) is 0 Å². The number of nitrogens with zero attached hydrogens (tertiary/aromatic N) is 3. The molecule has 164 valence electrons. The van der Waals surface area contributed by atoms with E-state index in [1.165, 1.54) is 36.0 Å². The molecular weight excluding hydrogens is 502 g/mol. The van der Waals surface area contributed by atoms with Crippen molar-refractivity contribution >= 4 is 69.9 Å². The molecule has 2 aromatic carbocycles. The molecule has 0 aliphatic rings. The number of rotatable bonds is 9. The van der Waals surface area contributed by atoms with Gasteiger partial charge in [0.2, 0.25) is 5.91 Å². The zero-order valence-corrected chi connectivity index (χ0v) is 20.3. The lowest BCUT2D eigenvalue weighted by Gasteiger charge is -2.10. The molecule has 11 heteroatoms. The monoisotopic (exact) mass is 518 g/mol. The van der Waals surface area contributed by atoms with Crippen molar-refractivity contribution in [2.45, 2.75) is 30.1 Å². The normalized spacial score (nSPS) is 11.0. The molecule has 5 nitrogen and oxygen atoms in total. The van der Waals surface area contributed by atoms with Gasteiger partial charge in [0.25, 0.3) is 0 Å². The molecule has 0 saturated heterocycles. The lowest BCUT2D eigenvalue weighted by molar-refractivity contribution is -0.113. The molecule has 0 fully saturated rings. The van der Waals surface area contributed by atoms with Crippen LogP contribution in [-0.4, -0.2) is 26.4 Å². The van der Waals surface area contributed by atoms with Crippen LogP contribution in [0.1, 0.15) is 18.3 Å². The quantitative estimate of drug-likeness (QED) is 0.324. The van der Waals surface area contributed by atoms with Gasteiger partial charge in [0, 0.05) is 17.3 Å². The zero-order chi connectivity index (χ0) is 22.4. The Morgan fingerprint density at radius 2 is 1.77 bits per heavy atom. The van der Waals surface area contributed by atoms with Crippen molar-refractivity contribution < 1.29 is 9.18 Å². The maximum Gasteiger partial charge on any atom is 0.234 e. The maximum atomic E-state index is 13.0. The topological polar surface area (TPSA) is 59.8 Å². The van der Waals surface area contributed by atoms with Crippen molar-refractivity contribution in [1.82, 2.24) is 14.8 Å². The predicted octanol–water partition coefficient (Wildman–Crippen LogP) is 6.56. The molecule has 31 heavy (non-hydrogen) atoms. The SMILES string of the molecule is CCn1c(CSCc2ccc(F)cc2)nnc1SCC(=O)Nc1c(Cl)cc(Cl)cc1Cl. The molecule has 0 spiro atoms. The zero-order valence-electron chi connectivity index (χ0n) is 16.4. The van der Waals surface area contributed by atoms with Crippen LogP contribution >= 0.6 is 58.3 Å². The molecule has 3 aromatic rings. The summed E-state index contributed by atoms with van der Waals surface area (Å²) in [4.78, 5) is 12.4. The highest BCUT2D eigenvalue weighted by Crippen LogP contribution is 2.34. The molecule has 1 heterocycles. The standard InChI is InChI=1S/C20H18Cl3FN4OS2/c1-2-28-17(10-30-9-12-3-5-14(24)6-4-12)26-27-20(28)31-11-18(29)25-19-15(22)7-13(21)8-16(19)23/h3-8H,2,9-11H2,1H3,(H,25,29). The Labute approximate surface area is 203 Å². The van der Waals surface area contributed by atoms with Gasteiger partial charge in [0.05, 0.1) is 27.2 Å². The van der Waals surface area contributed by atoms with Gasteiger partial charge in [-0.15, -0.1) is 22.0 Å². The highest BCUT2D eigenvalue weighted by Gasteiger charge is 2.15. The van der Waals surface area contributed by atoms with Gasteiger partial charge in [-0.1, -0.05) is 58.7 Å². The van der Waals surface area contributed by atoms with Crippen molar-refractivity contribution in [3.05, 3.63) is 68.7 Å². The van der Waals surface area contributed by atoms with Crippen LogP contribution in [-0.2, 0) is 22.8 Å². The average Bonchev–Trinajstić information content (AvgIpc) is 3.12. The summed E-state index contributed by atoms with van der Waals surface area (Å²) in [6, 6.07) is 9.48. The van der Waals surface area contributed by atoms with Gasteiger partial charge in [-0.2, -0.15) is 0 Å². The van der Waals surface area contributed by atoms with Crippen molar-refractivity contribution in [3.63, 3.8) is 0 Å². The van der Waals surface area contributed by atoms with Crippen LogP contribution in [0, 0.1) is 5.82 Å². The number of nitrogens with one attached hydrogen (secondary N) is 1. The van der Waals surface area contributed by atoms with Crippen LogP contribution < -0.4 is 5.32 Å². The summed E-state index contributed by atoms with van der Waals surface area (Å²) in [5.41, 5.74) is 1.37. The molecule has 1 N–H and O–H groups in total. The second-order valence-electron chi connectivity index (χ2n) is 6.34. The number of amides is 1. The number of hydrogen-bond donors (Lipinski definition) is 1. The third-order valence-corrected chi connectivity index (χ3v) is 6.91. The van der Waals surface area contributed by atoms with Crippen molar-refractivity contribution in [2.24, 2.45) is 0 Å². The minimum absolute atomic E-state index is 0.121. The van der Waals surface area contributed by atoms with E-state index >= 15 is 0 Å². The summed E-state index contributed by atoms with van der Waals surface area (Å²) in [6.45, 7) is 2.67. The van der Waals surface area contributed by atoms with Gasteiger partial charge in [-0.3, -0.25) is 4.79 Å². The van der Waals surface area contributed by atoms with Gasteiger partial charge in [-0.25, -0.2) is 4.39 Å². The predicted molar refractivity (Wildman–Crippen MR) is 128 cm³/mol. The Morgan fingerprint density at radius 3 is 2.42 bits per heavy atom. The van der Waals surface area contributed by atoms with Crippen molar-refractivity contribution in [2.75, 3.05) is 11.1 Å². The minimum atomic E-state index is -0.269. The number of carbonyl (C=O) groups excluding carboxylic acids is 1. The molecule has 1 aromatic heterocycles. The number of carbonyl (C=O) groups is 1. The number of hydrogen-bond acceptors (Lipinski definition) is 5. The Kier molecular flexibility index (Phi) is 8.92. The summed E-state index contributed by atoms with van der Waals surface area (Å²) in [6.07, 6.45) is 0. The first-order valence-electron chi connectivity index (χ1n) is 9.18. The Bertz CT molecular complexity index is 1040. The van der Waals surface area contributed by atoms with E-state index in [1.54, 1.807) is 23.9 Å². The van der Waals surface area contributed by atoms with Gasteiger partial charge < -0.3 is 9.88 Å². The molecule has 3 rings (SSSR count). The first-order valence-corrected chi connectivity index (χ1v) is 12.5. The minimum Gasteiger partial charge on any atom is -0.323 e. The molecular formula is C20H18Cl3FN4OS2. The average molecular weight is 520 g/mol. The molecule has 1 amide bonds. The van der Waals surface area contributed by atoms with Gasteiger partial charge in [-0.05, 0) is 36.8 Å². The second kappa shape index (κ2) is 11.4. The van der Waals surface area contributed by atoms with E-state index in [4.69, 9.17) is 34.8 Å². The van der Waals surface area contributed by atoms with Gasteiger partial charge >= 0.3 is 0 Å². The highest BCUT2D eigenvalue weighted by atomic mass is 35.5. The molecule has 0 saturated carbocycles. The maximum absolute atomic E-state index is 13.0. The summed E-state index contributed by atoms with van der Waals surface area (Å²) < 4.78 is 15.0. The number of benzene rings is 2. The smallest absolute Gasteiger partial charge is 0.234 e. The molecule has 0 atom stereocenters. The van der Waals surface area contributed by atoms with Gasteiger partial charge in [0.15, 0.2) is 5.16 Å². The van der Waals surface area contributed by atoms with Crippen LogP contribution in [0.2, 0.25) is 15.1 Å². The van der Waals surface area contributed by atoms with E-state index in [2.05, 4.69) is 15.5 Å². The van der Waals surface area contributed by atoms with E-state index < -0.39 is 0 Å². The summed E-state index contributed by atoms with van der Waals surface area (Å²) in [5.74, 6) is 1.82. The van der Waals surface area contributed by atoms with E-state index in [0.29, 0.717) is 28.2 Å². The van der Waals surface area contributed by atoms with Gasteiger partial charge in [0.1, 0.15) is 11.6 Å². The first kappa shape index (κ1) is 24.2. The lowest BCUT2D eigenvalue weighted by atomic mass is 10.2. The molecule has 0 bridgehead atoms. The highest BCUT2D eigenvalue weighted by molar-refractivity contribution is 7.99. The molecule has 0 unspecified atom stereocenters.